The summed E-state index contributed by atoms with van der Waals surface area (Å²) in [5.74, 6) is 1.05. The topological polar surface area (TPSA) is 45.2 Å². The monoisotopic (exact) mass is 373 g/mol. The van der Waals surface area contributed by atoms with E-state index in [1.807, 2.05) is 17.8 Å². The fourth-order valence-corrected chi connectivity index (χ4v) is 3.36. The molecule has 0 radical (unpaired) electrons. The predicted octanol–water partition coefficient (Wildman–Crippen LogP) is 1.86. The quantitative estimate of drug-likeness (QED) is 0.753. The molecule has 0 aliphatic carbocycles. The molecule has 18 heavy (non-hydrogen) atoms. The van der Waals surface area contributed by atoms with Gasteiger partial charge in [0, 0.05) is 44.0 Å². The van der Waals surface area contributed by atoms with Crippen molar-refractivity contribution in [1.82, 2.24) is 15.0 Å². The lowest BCUT2D eigenvalue weighted by atomic mass is 10.3. The number of aromatic nitrogens is 3. The van der Waals surface area contributed by atoms with E-state index in [1.54, 1.807) is 17.7 Å². The zero-order valence-corrected chi connectivity index (χ0v) is 12.6. The van der Waals surface area contributed by atoms with E-state index in [0.29, 0.717) is 0 Å². The predicted molar refractivity (Wildman–Crippen MR) is 81.3 cm³/mol. The molecule has 0 atom stereocenters. The maximum Gasteiger partial charge on any atom is 0.185 e. The lowest BCUT2D eigenvalue weighted by molar-refractivity contribution is 0.644. The molecule has 1 aliphatic heterocycles. The first kappa shape index (κ1) is 12.1. The van der Waals surface area contributed by atoms with Crippen LogP contribution in [0.3, 0.4) is 0 Å². The van der Waals surface area contributed by atoms with E-state index >= 15 is 0 Å². The number of rotatable bonds is 2. The minimum absolute atomic E-state index is 0.979. The second-order valence-corrected chi connectivity index (χ2v) is 6.02. The van der Waals surface area contributed by atoms with Crippen LogP contribution in [-0.2, 0) is 0 Å². The Kier molecular flexibility index (Phi) is 3.59. The maximum atomic E-state index is 4.37. The highest BCUT2D eigenvalue weighted by molar-refractivity contribution is 14.1. The van der Waals surface area contributed by atoms with Crippen LogP contribution in [0, 0.1) is 3.57 Å². The SMILES string of the molecule is Ic1cncnc1N1CCN(c2nccs2)CC1. The third-order valence-electron chi connectivity index (χ3n) is 2.92. The number of hydrogen-bond acceptors (Lipinski definition) is 6. The third-order valence-corrected chi connectivity index (χ3v) is 4.51. The summed E-state index contributed by atoms with van der Waals surface area (Å²) in [6.45, 7) is 3.94. The minimum Gasteiger partial charge on any atom is -0.352 e. The van der Waals surface area contributed by atoms with Crippen LogP contribution >= 0.6 is 33.9 Å². The average molecular weight is 373 g/mol. The summed E-state index contributed by atoms with van der Waals surface area (Å²) in [6, 6.07) is 0. The van der Waals surface area contributed by atoms with Crippen molar-refractivity contribution in [2.75, 3.05) is 36.0 Å². The lowest BCUT2D eigenvalue weighted by Gasteiger charge is -2.35. The highest BCUT2D eigenvalue weighted by atomic mass is 127. The largest absolute Gasteiger partial charge is 0.352 e. The molecule has 3 rings (SSSR count). The van der Waals surface area contributed by atoms with Gasteiger partial charge in [-0.05, 0) is 22.6 Å². The summed E-state index contributed by atoms with van der Waals surface area (Å²) in [5, 5.41) is 3.14. The molecule has 1 saturated heterocycles. The van der Waals surface area contributed by atoms with E-state index in [0.717, 1.165) is 40.7 Å². The minimum atomic E-state index is 0.979. The number of hydrogen-bond donors (Lipinski definition) is 0. The Bertz CT molecular complexity index is 510. The van der Waals surface area contributed by atoms with E-state index < -0.39 is 0 Å². The number of nitrogens with zero attached hydrogens (tertiary/aromatic N) is 5. The molecule has 1 aliphatic rings. The van der Waals surface area contributed by atoms with Gasteiger partial charge in [-0.2, -0.15) is 0 Å². The molecule has 5 nitrogen and oxygen atoms in total. The van der Waals surface area contributed by atoms with Gasteiger partial charge in [-0.3, -0.25) is 0 Å². The Morgan fingerprint density at radius 1 is 1.11 bits per heavy atom. The Morgan fingerprint density at radius 3 is 2.56 bits per heavy atom. The fraction of sp³-hybridized carbons (Fsp3) is 0.364. The molecule has 0 unspecified atom stereocenters. The van der Waals surface area contributed by atoms with Gasteiger partial charge in [0.05, 0.1) is 3.57 Å². The van der Waals surface area contributed by atoms with Gasteiger partial charge in [0.25, 0.3) is 0 Å². The molecule has 94 valence electrons. The molecule has 0 bridgehead atoms. The van der Waals surface area contributed by atoms with Crippen LogP contribution in [0.4, 0.5) is 10.9 Å². The van der Waals surface area contributed by atoms with Crippen LogP contribution in [-0.4, -0.2) is 41.1 Å². The number of thiazole rings is 1. The van der Waals surface area contributed by atoms with E-state index in [-0.39, 0.29) is 0 Å². The van der Waals surface area contributed by atoms with E-state index in [2.05, 4.69) is 47.3 Å². The van der Waals surface area contributed by atoms with Crippen molar-refractivity contribution in [3.05, 3.63) is 27.7 Å². The van der Waals surface area contributed by atoms with E-state index in [4.69, 9.17) is 0 Å². The number of halogens is 1. The molecule has 2 aromatic heterocycles. The van der Waals surface area contributed by atoms with Gasteiger partial charge in [-0.15, -0.1) is 11.3 Å². The molecule has 0 saturated carbocycles. The van der Waals surface area contributed by atoms with E-state index in [9.17, 15) is 0 Å². The van der Waals surface area contributed by atoms with Crippen LogP contribution in [0.1, 0.15) is 0 Å². The second-order valence-electron chi connectivity index (χ2n) is 3.98. The zero-order chi connectivity index (χ0) is 12.4. The molecule has 0 N–H and O–H groups in total. The molecule has 0 spiro atoms. The molecule has 7 heteroatoms. The average Bonchev–Trinajstić information content (AvgIpc) is 2.94. The Morgan fingerprint density at radius 2 is 1.89 bits per heavy atom. The van der Waals surface area contributed by atoms with Crippen molar-refractivity contribution in [3.63, 3.8) is 0 Å². The molecule has 1 fully saturated rings. The van der Waals surface area contributed by atoms with Crippen molar-refractivity contribution < 1.29 is 0 Å². The van der Waals surface area contributed by atoms with E-state index in [1.165, 1.54) is 0 Å². The zero-order valence-electron chi connectivity index (χ0n) is 9.66. The van der Waals surface area contributed by atoms with Crippen LogP contribution in [0.2, 0.25) is 0 Å². The second kappa shape index (κ2) is 5.35. The van der Waals surface area contributed by atoms with Crippen LogP contribution in [0.25, 0.3) is 0 Å². The van der Waals surface area contributed by atoms with Gasteiger partial charge < -0.3 is 9.80 Å². The van der Waals surface area contributed by atoms with Crippen molar-refractivity contribution >= 4 is 44.9 Å². The van der Waals surface area contributed by atoms with Gasteiger partial charge in [0.1, 0.15) is 12.1 Å². The van der Waals surface area contributed by atoms with Gasteiger partial charge in [-0.1, -0.05) is 0 Å². The molecule has 3 heterocycles. The van der Waals surface area contributed by atoms with Gasteiger partial charge in [0.15, 0.2) is 5.13 Å². The first-order chi connectivity index (χ1) is 8.84. The Labute approximate surface area is 123 Å². The first-order valence-electron chi connectivity index (χ1n) is 5.69. The summed E-state index contributed by atoms with van der Waals surface area (Å²) in [6.07, 6.45) is 5.33. The summed E-state index contributed by atoms with van der Waals surface area (Å²) < 4.78 is 1.11. The standard InChI is InChI=1S/C11H12IN5S/c12-9-7-13-8-15-10(9)16-2-4-17(5-3-16)11-14-1-6-18-11/h1,6-8H,2-5H2. The van der Waals surface area contributed by atoms with Gasteiger partial charge >= 0.3 is 0 Å². The Balaban J connectivity index is 1.69. The van der Waals surface area contributed by atoms with Crippen molar-refractivity contribution in [2.24, 2.45) is 0 Å². The van der Waals surface area contributed by atoms with Crippen LogP contribution < -0.4 is 9.80 Å². The molecular weight excluding hydrogens is 361 g/mol. The van der Waals surface area contributed by atoms with Gasteiger partial charge in [-0.25, -0.2) is 15.0 Å². The fourth-order valence-electron chi connectivity index (χ4n) is 2.02. The number of piperazine rings is 1. The summed E-state index contributed by atoms with van der Waals surface area (Å²) in [4.78, 5) is 17.4. The van der Waals surface area contributed by atoms with Gasteiger partial charge in [0.2, 0.25) is 0 Å². The summed E-state index contributed by atoms with van der Waals surface area (Å²) in [7, 11) is 0. The highest BCUT2D eigenvalue weighted by Gasteiger charge is 2.20. The Hall–Kier alpha value is -0.960. The maximum absolute atomic E-state index is 4.37. The van der Waals surface area contributed by atoms with Crippen molar-refractivity contribution in [3.8, 4) is 0 Å². The first-order valence-corrected chi connectivity index (χ1v) is 7.65. The lowest BCUT2D eigenvalue weighted by Crippen LogP contribution is -2.47. The van der Waals surface area contributed by atoms with Crippen molar-refractivity contribution in [1.29, 1.82) is 0 Å². The van der Waals surface area contributed by atoms with Crippen molar-refractivity contribution in [2.45, 2.75) is 0 Å². The highest BCUT2D eigenvalue weighted by Crippen LogP contribution is 2.23. The normalized spacial score (nSPS) is 16.1. The molecule has 0 aromatic carbocycles. The smallest absolute Gasteiger partial charge is 0.185 e. The summed E-state index contributed by atoms with van der Waals surface area (Å²) >= 11 is 3.99. The van der Waals surface area contributed by atoms with Crippen LogP contribution in [0.15, 0.2) is 24.1 Å². The molecule has 0 amide bonds. The van der Waals surface area contributed by atoms with Crippen LogP contribution in [0.5, 0.6) is 0 Å². The molecular formula is C11H12IN5S. The summed E-state index contributed by atoms with van der Waals surface area (Å²) in [5.41, 5.74) is 0. The third kappa shape index (κ3) is 2.41. The molecule has 2 aromatic rings. The number of anilines is 2.